The number of rotatable bonds is 5. The van der Waals surface area contributed by atoms with Crippen LogP contribution in [0.3, 0.4) is 0 Å². The zero-order chi connectivity index (χ0) is 19.6. The van der Waals surface area contributed by atoms with E-state index in [-0.39, 0.29) is 18.1 Å². The van der Waals surface area contributed by atoms with Crippen LogP contribution >= 0.6 is 0 Å². The Balaban J connectivity index is 1.63. The minimum Gasteiger partial charge on any atom is -0.449 e. The maximum Gasteiger partial charge on any atom is 0.375 e. The molecular formula is C20H17F2NO4. The van der Waals surface area contributed by atoms with Crippen LogP contribution < -0.4 is 5.32 Å². The summed E-state index contributed by atoms with van der Waals surface area (Å²) in [6.07, 6.45) is -1.07. The van der Waals surface area contributed by atoms with Gasteiger partial charge in [0.15, 0.2) is 6.10 Å². The van der Waals surface area contributed by atoms with Gasteiger partial charge >= 0.3 is 5.97 Å². The fourth-order valence-corrected chi connectivity index (χ4v) is 2.59. The Morgan fingerprint density at radius 2 is 1.78 bits per heavy atom. The summed E-state index contributed by atoms with van der Waals surface area (Å²) < 4.78 is 36.8. The SMILES string of the molecule is Cc1c(C(=O)O[C@H](C)C(=O)NCc2ccc(F)cc2)oc2ccc(F)cc12. The predicted molar refractivity (Wildman–Crippen MR) is 94.0 cm³/mol. The van der Waals surface area contributed by atoms with Gasteiger partial charge in [-0.3, -0.25) is 4.79 Å². The normalized spacial score (nSPS) is 12.0. The maximum atomic E-state index is 13.4. The summed E-state index contributed by atoms with van der Waals surface area (Å²) in [7, 11) is 0. The Morgan fingerprint density at radius 3 is 2.48 bits per heavy atom. The van der Waals surface area contributed by atoms with E-state index in [9.17, 15) is 18.4 Å². The van der Waals surface area contributed by atoms with Crippen molar-refractivity contribution >= 4 is 22.8 Å². The largest absolute Gasteiger partial charge is 0.449 e. The third-order valence-corrected chi connectivity index (χ3v) is 4.12. The van der Waals surface area contributed by atoms with E-state index >= 15 is 0 Å². The first-order valence-corrected chi connectivity index (χ1v) is 8.27. The van der Waals surface area contributed by atoms with Crippen LogP contribution in [-0.2, 0) is 16.1 Å². The van der Waals surface area contributed by atoms with Gasteiger partial charge in [0.25, 0.3) is 5.91 Å². The zero-order valence-electron chi connectivity index (χ0n) is 14.7. The molecule has 0 bridgehead atoms. The lowest BCUT2D eigenvalue weighted by molar-refractivity contribution is -0.129. The second-order valence-corrected chi connectivity index (χ2v) is 6.09. The van der Waals surface area contributed by atoms with Crippen LogP contribution in [0.1, 0.15) is 28.6 Å². The van der Waals surface area contributed by atoms with Crippen LogP contribution in [0, 0.1) is 18.6 Å². The molecule has 3 rings (SSSR count). The summed E-state index contributed by atoms with van der Waals surface area (Å²) in [5.41, 5.74) is 1.50. The monoisotopic (exact) mass is 373 g/mol. The number of ether oxygens (including phenoxy) is 1. The summed E-state index contributed by atoms with van der Waals surface area (Å²) in [5.74, 6) is -2.21. The third-order valence-electron chi connectivity index (χ3n) is 4.12. The lowest BCUT2D eigenvalue weighted by Gasteiger charge is -2.13. The van der Waals surface area contributed by atoms with Crippen LogP contribution in [0.15, 0.2) is 46.9 Å². The number of esters is 1. The lowest BCUT2D eigenvalue weighted by Crippen LogP contribution is -2.35. The van der Waals surface area contributed by atoms with Crippen LogP contribution in [0.2, 0.25) is 0 Å². The molecule has 1 amide bonds. The molecule has 1 N–H and O–H groups in total. The van der Waals surface area contributed by atoms with Gasteiger partial charge in [-0.2, -0.15) is 0 Å². The smallest absolute Gasteiger partial charge is 0.375 e. The molecule has 7 heteroatoms. The van der Waals surface area contributed by atoms with E-state index in [4.69, 9.17) is 9.15 Å². The van der Waals surface area contributed by atoms with Crippen molar-refractivity contribution in [1.29, 1.82) is 0 Å². The van der Waals surface area contributed by atoms with Gasteiger partial charge in [-0.25, -0.2) is 13.6 Å². The van der Waals surface area contributed by atoms with Crippen LogP contribution in [0.5, 0.6) is 0 Å². The quantitative estimate of drug-likeness (QED) is 0.689. The number of halogens is 2. The Hall–Kier alpha value is -3.22. The number of carbonyl (C=O) groups excluding carboxylic acids is 2. The first kappa shape index (κ1) is 18.6. The first-order chi connectivity index (χ1) is 12.8. The predicted octanol–water partition coefficient (Wildman–Crippen LogP) is 3.88. The molecule has 0 radical (unpaired) electrons. The average Bonchev–Trinajstić information content (AvgIpc) is 2.97. The van der Waals surface area contributed by atoms with Gasteiger partial charge in [0, 0.05) is 17.5 Å². The molecule has 3 aromatic rings. The number of furan rings is 1. The van der Waals surface area contributed by atoms with E-state index in [1.54, 1.807) is 19.1 Å². The fraction of sp³-hybridized carbons (Fsp3) is 0.200. The molecule has 0 unspecified atom stereocenters. The van der Waals surface area contributed by atoms with Gasteiger partial charge in [0.2, 0.25) is 5.76 Å². The van der Waals surface area contributed by atoms with Crippen molar-refractivity contribution in [2.45, 2.75) is 26.5 Å². The number of fused-ring (bicyclic) bond motifs is 1. The molecule has 27 heavy (non-hydrogen) atoms. The molecule has 5 nitrogen and oxygen atoms in total. The highest BCUT2D eigenvalue weighted by Gasteiger charge is 2.24. The van der Waals surface area contributed by atoms with Crippen molar-refractivity contribution in [3.05, 3.63) is 71.0 Å². The number of aryl methyl sites for hydroxylation is 1. The summed E-state index contributed by atoms with van der Waals surface area (Å²) in [6.45, 7) is 3.21. The van der Waals surface area contributed by atoms with Crippen molar-refractivity contribution < 1.29 is 27.5 Å². The molecule has 1 aromatic heterocycles. The molecule has 0 aliphatic rings. The van der Waals surface area contributed by atoms with Crippen LogP contribution in [-0.4, -0.2) is 18.0 Å². The number of benzene rings is 2. The molecule has 140 valence electrons. The van der Waals surface area contributed by atoms with E-state index in [1.807, 2.05) is 0 Å². The number of nitrogens with one attached hydrogen (secondary N) is 1. The second-order valence-electron chi connectivity index (χ2n) is 6.09. The molecule has 0 spiro atoms. The molecule has 0 saturated carbocycles. The molecule has 0 aliphatic heterocycles. The van der Waals surface area contributed by atoms with Crippen LogP contribution in [0.25, 0.3) is 11.0 Å². The number of hydrogen-bond donors (Lipinski definition) is 1. The Bertz CT molecular complexity index is 995. The van der Waals surface area contributed by atoms with E-state index in [1.165, 1.54) is 37.3 Å². The molecule has 0 fully saturated rings. The number of carbonyl (C=O) groups is 2. The Morgan fingerprint density at radius 1 is 1.11 bits per heavy atom. The standard InChI is InChI=1S/C20H17F2NO4/c1-11-16-9-15(22)7-8-17(16)27-18(11)20(25)26-12(2)19(24)23-10-13-3-5-14(21)6-4-13/h3-9,12H,10H2,1-2H3,(H,23,24)/t12-/m1/s1. The van der Waals surface area contributed by atoms with Crippen molar-refractivity contribution in [2.24, 2.45) is 0 Å². The van der Waals surface area contributed by atoms with E-state index in [2.05, 4.69) is 5.32 Å². The highest BCUT2D eigenvalue weighted by molar-refractivity contribution is 5.97. The molecule has 0 aliphatic carbocycles. The number of amides is 1. The fourth-order valence-electron chi connectivity index (χ4n) is 2.59. The van der Waals surface area contributed by atoms with Crippen molar-refractivity contribution in [1.82, 2.24) is 5.32 Å². The molecule has 1 heterocycles. The highest BCUT2D eigenvalue weighted by atomic mass is 19.1. The average molecular weight is 373 g/mol. The zero-order valence-corrected chi connectivity index (χ0v) is 14.7. The molecular weight excluding hydrogens is 356 g/mol. The van der Waals surface area contributed by atoms with Crippen LogP contribution in [0.4, 0.5) is 8.78 Å². The van der Waals surface area contributed by atoms with Crippen molar-refractivity contribution in [3.63, 3.8) is 0 Å². The molecule has 1 atom stereocenters. The summed E-state index contributed by atoms with van der Waals surface area (Å²) in [5, 5.41) is 3.07. The Kier molecular flexibility index (Phi) is 5.21. The van der Waals surface area contributed by atoms with E-state index in [0.29, 0.717) is 22.1 Å². The van der Waals surface area contributed by atoms with E-state index in [0.717, 1.165) is 0 Å². The summed E-state index contributed by atoms with van der Waals surface area (Å²) >= 11 is 0. The first-order valence-electron chi connectivity index (χ1n) is 8.27. The van der Waals surface area contributed by atoms with E-state index < -0.39 is 23.8 Å². The van der Waals surface area contributed by atoms with Gasteiger partial charge in [0.05, 0.1) is 0 Å². The third kappa shape index (κ3) is 4.13. The highest BCUT2D eigenvalue weighted by Crippen LogP contribution is 2.26. The molecule has 0 saturated heterocycles. The topological polar surface area (TPSA) is 68.5 Å². The van der Waals surface area contributed by atoms with Gasteiger partial charge in [-0.15, -0.1) is 0 Å². The van der Waals surface area contributed by atoms with Crippen molar-refractivity contribution in [2.75, 3.05) is 0 Å². The van der Waals surface area contributed by atoms with Gasteiger partial charge in [0.1, 0.15) is 17.2 Å². The number of hydrogen-bond acceptors (Lipinski definition) is 4. The Labute approximate surface area is 153 Å². The summed E-state index contributed by atoms with van der Waals surface area (Å²) in [6, 6.07) is 9.59. The minimum absolute atomic E-state index is 0.0752. The van der Waals surface area contributed by atoms with Gasteiger partial charge < -0.3 is 14.5 Å². The summed E-state index contributed by atoms with van der Waals surface area (Å²) in [4.78, 5) is 24.4. The molecule has 2 aromatic carbocycles. The van der Waals surface area contributed by atoms with Gasteiger partial charge in [-0.1, -0.05) is 12.1 Å². The lowest BCUT2D eigenvalue weighted by atomic mass is 10.1. The second kappa shape index (κ2) is 7.57. The van der Waals surface area contributed by atoms with Crippen molar-refractivity contribution in [3.8, 4) is 0 Å². The van der Waals surface area contributed by atoms with Gasteiger partial charge in [-0.05, 0) is 49.7 Å². The maximum absolute atomic E-state index is 13.4. The minimum atomic E-state index is -1.07.